The minimum Gasteiger partial charge on any atom is -0.369 e. The van der Waals surface area contributed by atoms with Crippen LogP contribution in [0.2, 0.25) is 0 Å². The molecule has 3 N–H and O–H groups in total. The van der Waals surface area contributed by atoms with E-state index in [-0.39, 0.29) is 29.0 Å². The fraction of sp³-hybridized carbons (Fsp3) is 0.345. The molecule has 2 amide bonds. The Kier molecular flexibility index (Phi) is 8.79. The smallest absolute Gasteiger partial charge is 0.369 e. The van der Waals surface area contributed by atoms with Gasteiger partial charge in [-0.05, 0) is 43.5 Å². The van der Waals surface area contributed by atoms with Crippen LogP contribution >= 0.6 is 0 Å². The predicted molar refractivity (Wildman–Crippen MR) is 141 cm³/mol. The summed E-state index contributed by atoms with van der Waals surface area (Å²) >= 11 is 0. The summed E-state index contributed by atoms with van der Waals surface area (Å²) in [6.45, 7) is 3.11. The molecule has 2 heterocycles. The Bertz CT molecular complexity index is 1580. The molecule has 0 saturated carbocycles. The van der Waals surface area contributed by atoms with E-state index in [0.29, 0.717) is 16.7 Å². The minimum absolute atomic E-state index is 0.000598. The highest BCUT2D eigenvalue weighted by Gasteiger charge is 2.41. The van der Waals surface area contributed by atoms with Gasteiger partial charge in [0.05, 0.1) is 28.8 Å². The van der Waals surface area contributed by atoms with E-state index in [1.54, 1.807) is 25.1 Å². The number of alkyl halides is 6. The standard InChI is InChI=1S/C29H26F6N4O4/c1-14-5-3-8-18-20(14)12-22(40)26(37-24(18)16-6-4-7-17(11-16)29(33,34)35)38-27(42)19(9-10-28(30,31)32)23(25(36)41)21-13-43-39-15(21)2/h3-8,11,13,19,23,26H,9-10,12H2,1-2H3,(H2,36,41)(H,38,42)/t19-,23-,26-/m1/s1. The quantitative estimate of drug-likeness (QED) is 0.350. The number of ketones is 1. The van der Waals surface area contributed by atoms with Gasteiger partial charge in [0.25, 0.3) is 0 Å². The highest BCUT2D eigenvalue weighted by molar-refractivity contribution is 6.16. The molecule has 0 bridgehead atoms. The fourth-order valence-electron chi connectivity index (χ4n) is 5.06. The first-order valence-corrected chi connectivity index (χ1v) is 13.0. The molecule has 0 unspecified atom stereocenters. The number of primary amides is 1. The van der Waals surface area contributed by atoms with Crippen LogP contribution in [0.15, 0.2) is 58.2 Å². The molecular weight excluding hydrogens is 582 g/mol. The summed E-state index contributed by atoms with van der Waals surface area (Å²) in [4.78, 5) is 43.8. The van der Waals surface area contributed by atoms with Crippen molar-refractivity contribution in [2.75, 3.05) is 0 Å². The molecule has 0 radical (unpaired) electrons. The Balaban J connectivity index is 1.79. The summed E-state index contributed by atoms with van der Waals surface area (Å²) in [5.41, 5.74) is 6.09. The predicted octanol–water partition coefficient (Wildman–Crippen LogP) is 4.94. The molecule has 3 atom stereocenters. The van der Waals surface area contributed by atoms with Crippen molar-refractivity contribution in [1.29, 1.82) is 0 Å². The number of nitrogens with two attached hydrogens (primary N) is 1. The van der Waals surface area contributed by atoms with Crippen molar-refractivity contribution in [1.82, 2.24) is 10.5 Å². The van der Waals surface area contributed by atoms with Crippen LogP contribution in [-0.2, 0) is 27.0 Å². The summed E-state index contributed by atoms with van der Waals surface area (Å²) in [7, 11) is 0. The van der Waals surface area contributed by atoms with Crippen LogP contribution in [0.5, 0.6) is 0 Å². The number of fused-ring (bicyclic) bond motifs is 1. The van der Waals surface area contributed by atoms with Crippen LogP contribution in [0.1, 0.15) is 57.8 Å². The van der Waals surface area contributed by atoms with Gasteiger partial charge in [-0.3, -0.25) is 19.4 Å². The second-order valence-electron chi connectivity index (χ2n) is 10.2. The van der Waals surface area contributed by atoms with Crippen molar-refractivity contribution in [2.24, 2.45) is 16.6 Å². The second kappa shape index (κ2) is 12.0. The Morgan fingerprint density at radius 3 is 2.40 bits per heavy atom. The van der Waals surface area contributed by atoms with Crippen molar-refractivity contribution in [3.05, 3.63) is 87.8 Å². The lowest BCUT2D eigenvalue weighted by molar-refractivity contribution is -0.144. The van der Waals surface area contributed by atoms with Crippen LogP contribution in [-0.4, -0.2) is 40.8 Å². The normalized spacial score (nSPS) is 17.0. The number of benzene rings is 2. The number of halogens is 6. The van der Waals surface area contributed by atoms with Gasteiger partial charge in [0, 0.05) is 29.5 Å². The molecule has 4 rings (SSSR count). The van der Waals surface area contributed by atoms with Gasteiger partial charge >= 0.3 is 12.4 Å². The molecule has 1 aliphatic heterocycles. The largest absolute Gasteiger partial charge is 0.416 e. The number of carbonyl (C=O) groups is 3. The van der Waals surface area contributed by atoms with E-state index < -0.39 is 66.4 Å². The number of aliphatic imine (C=N–C) groups is 1. The lowest BCUT2D eigenvalue weighted by atomic mass is 9.82. The Hall–Kier alpha value is -4.49. The summed E-state index contributed by atoms with van der Waals surface area (Å²) in [5.74, 6) is -6.25. The monoisotopic (exact) mass is 608 g/mol. The topological polar surface area (TPSA) is 128 Å². The summed E-state index contributed by atoms with van der Waals surface area (Å²) < 4.78 is 85.2. The lowest BCUT2D eigenvalue weighted by Gasteiger charge is -2.25. The highest BCUT2D eigenvalue weighted by atomic mass is 19.4. The van der Waals surface area contributed by atoms with E-state index in [2.05, 4.69) is 15.5 Å². The van der Waals surface area contributed by atoms with Gasteiger partial charge in [-0.25, -0.2) is 0 Å². The van der Waals surface area contributed by atoms with Gasteiger partial charge in [-0.1, -0.05) is 35.5 Å². The van der Waals surface area contributed by atoms with E-state index >= 15 is 0 Å². The number of nitrogens with zero attached hydrogens (tertiary/aromatic N) is 2. The minimum atomic E-state index is -4.70. The van der Waals surface area contributed by atoms with Crippen LogP contribution in [0.3, 0.4) is 0 Å². The van der Waals surface area contributed by atoms with E-state index in [1.165, 1.54) is 19.1 Å². The zero-order valence-electron chi connectivity index (χ0n) is 22.8. The van der Waals surface area contributed by atoms with Crippen molar-refractivity contribution < 1.29 is 45.2 Å². The molecule has 0 spiro atoms. The van der Waals surface area contributed by atoms with Crippen molar-refractivity contribution in [2.45, 2.75) is 57.5 Å². The molecule has 0 aliphatic carbocycles. The Labute approximate surface area is 241 Å². The number of carbonyl (C=O) groups excluding carboxylic acids is 3. The molecule has 1 aliphatic rings. The van der Waals surface area contributed by atoms with Gasteiger partial charge in [-0.2, -0.15) is 26.3 Å². The molecule has 43 heavy (non-hydrogen) atoms. The zero-order chi connectivity index (χ0) is 31.7. The number of rotatable bonds is 8. The number of amides is 2. The average Bonchev–Trinajstić information content (AvgIpc) is 3.27. The summed E-state index contributed by atoms with van der Waals surface area (Å²) in [6.07, 6.45) is -12.7. The van der Waals surface area contributed by atoms with Gasteiger partial charge in [-0.15, -0.1) is 0 Å². The fourth-order valence-corrected chi connectivity index (χ4v) is 5.06. The first kappa shape index (κ1) is 31.4. The number of nitrogens with one attached hydrogen (secondary N) is 1. The van der Waals surface area contributed by atoms with Gasteiger partial charge in [0.2, 0.25) is 11.8 Å². The summed E-state index contributed by atoms with van der Waals surface area (Å²) in [6, 6.07) is 9.14. The maximum absolute atomic E-state index is 13.6. The second-order valence-corrected chi connectivity index (χ2v) is 10.2. The molecule has 0 saturated heterocycles. The number of hydrogen-bond donors (Lipinski definition) is 2. The maximum Gasteiger partial charge on any atom is 0.416 e. The first-order valence-electron chi connectivity index (χ1n) is 13.0. The molecule has 14 heteroatoms. The SMILES string of the molecule is Cc1cccc2c1CC(=O)[C@@H](NC(=O)[C@H](CCC(F)(F)F)[C@@H](C(N)=O)c1conc1C)N=C2c1cccc(C(F)(F)F)c1. The molecular formula is C29H26F6N4O4. The first-order chi connectivity index (χ1) is 20.1. The molecule has 3 aromatic rings. The van der Waals surface area contributed by atoms with Crippen molar-refractivity contribution >= 4 is 23.3 Å². The van der Waals surface area contributed by atoms with Gasteiger partial charge in [0.15, 0.2) is 11.9 Å². The number of aromatic nitrogens is 1. The van der Waals surface area contributed by atoms with Crippen molar-refractivity contribution in [3.63, 3.8) is 0 Å². The van der Waals surface area contributed by atoms with Crippen molar-refractivity contribution in [3.8, 4) is 0 Å². The highest BCUT2D eigenvalue weighted by Crippen LogP contribution is 2.35. The number of Topliss-reactive ketones (excluding diaryl/α,β-unsaturated/α-hetero) is 1. The van der Waals surface area contributed by atoms with Crippen LogP contribution < -0.4 is 11.1 Å². The van der Waals surface area contributed by atoms with Crippen LogP contribution in [0.4, 0.5) is 26.3 Å². The third-order valence-corrected chi connectivity index (χ3v) is 7.23. The maximum atomic E-state index is 13.6. The third kappa shape index (κ3) is 7.12. The average molecular weight is 609 g/mol. The van der Waals surface area contributed by atoms with Crippen LogP contribution in [0.25, 0.3) is 0 Å². The van der Waals surface area contributed by atoms with Crippen LogP contribution in [0, 0.1) is 19.8 Å². The molecule has 1 aromatic heterocycles. The molecule has 2 aromatic carbocycles. The van der Waals surface area contributed by atoms with Gasteiger partial charge < -0.3 is 15.6 Å². The molecule has 8 nitrogen and oxygen atoms in total. The van der Waals surface area contributed by atoms with Gasteiger partial charge in [0.1, 0.15) is 6.26 Å². The zero-order valence-corrected chi connectivity index (χ0v) is 22.8. The van der Waals surface area contributed by atoms with E-state index in [4.69, 9.17) is 10.3 Å². The number of hydrogen-bond acceptors (Lipinski definition) is 6. The van der Waals surface area contributed by atoms with E-state index in [1.807, 2.05) is 0 Å². The summed E-state index contributed by atoms with van der Waals surface area (Å²) in [5, 5.41) is 5.95. The molecule has 228 valence electrons. The van der Waals surface area contributed by atoms with E-state index in [0.717, 1.165) is 18.4 Å². The Morgan fingerprint density at radius 2 is 1.79 bits per heavy atom. The number of aryl methyl sites for hydroxylation is 2. The Morgan fingerprint density at radius 1 is 1.09 bits per heavy atom. The third-order valence-electron chi connectivity index (χ3n) is 7.23. The lowest BCUT2D eigenvalue weighted by Crippen LogP contribution is -2.46. The van der Waals surface area contributed by atoms with E-state index in [9.17, 15) is 40.7 Å². The molecule has 0 fully saturated rings.